The first-order chi connectivity index (χ1) is 14.0. The summed E-state index contributed by atoms with van der Waals surface area (Å²) in [5.74, 6) is 0.0697. The molecule has 29 heavy (non-hydrogen) atoms. The maximum atomic E-state index is 11.1. The minimum Gasteiger partial charge on any atom is -0.494 e. The van der Waals surface area contributed by atoms with Crippen LogP contribution in [-0.4, -0.2) is 29.1 Å². The molecule has 0 radical (unpaired) electrons. The summed E-state index contributed by atoms with van der Waals surface area (Å²) in [5.41, 5.74) is 3.26. The zero-order chi connectivity index (χ0) is 21.1. The summed E-state index contributed by atoms with van der Waals surface area (Å²) in [7, 11) is 0. The first kappa shape index (κ1) is 23.2. The SMILES string of the molecule is CCCCCCOc1cccc(CN(CCC(=O)O)Cc2cc(C)ccc2Cl)c1. The lowest BCUT2D eigenvalue weighted by molar-refractivity contribution is -0.137. The molecule has 0 saturated carbocycles. The fourth-order valence-electron chi connectivity index (χ4n) is 3.24. The van der Waals surface area contributed by atoms with Crippen molar-refractivity contribution < 1.29 is 14.6 Å². The molecule has 4 nitrogen and oxygen atoms in total. The van der Waals surface area contributed by atoms with Crippen molar-refractivity contribution in [2.24, 2.45) is 0 Å². The van der Waals surface area contributed by atoms with Crippen molar-refractivity contribution >= 4 is 17.6 Å². The lowest BCUT2D eigenvalue weighted by atomic mass is 10.1. The van der Waals surface area contributed by atoms with E-state index >= 15 is 0 Å². The first-order valence-corrected chi connectivity index (χ1v) is 10.8. The molecular formula is C24H32ClNO3. The first-order valence-electron chi connectivity index (χ1n) is 10.4. The average Bonchev–Trinajstić information content (AvgIpc) is 2.69. The summed E-state index contributed by atoms with van der Waals surface area (Å²) in [5, 5.41) is 9.83. The quantitative estimate of drug-likeness (QED) is 0.401. The Morgan fingerprint density at radius 3 is 2.69 bits per heavy atom. The van der Waals surface area contributed by atoms with E-state index in [1.54, 1.807) is 0 Å². The smallest absolute Gasteiger partial charge is 0.304 e. The Kier molecular flexibility index (Phi) is 10.0. The number of unbranched alkanes of at least 4 members (excludes halogenated alkanes) is 3. The van der Waals surface area contributed by atoms with E-state index in [0.29, 0.717) is 24.7 Å². The Morgan fingerprint density at radius 1 is 1.10 bits per heavy atom. The maximum Gasteiger partial charge on any atom is 0.304 e. The standard InChI is InChI=1S/C24H32ClNO3/c1-3-4-5-6-14-29-22-9-7-8-20(16-22)17-26(13-12-24(27)28)18-21-15-19(2)10-11-23(21)25/h7-11,15-16H,3-6,12-14,17-18H2,1-2H3,(H,27,28). The summed E-state index contributed by atoms with van der Waals surface area (Å²) in [4.78, 5) is 13.2. The van der Waals surface area contributed by atoms with Crippen molar-refractivity contribution in [1.29, 1.82) is 0 Å². The van der Waals surface area contributed by atoms with Crippen molar-refractivity contribution in [3.8, 4) is 5.75 Å². The van der Waals surface area contributed by atoms with Crippen LogP contribution >= 0.6 is 11.6 Å². The van der Waals surface area contributed by atoms with Crippen molar-refractivity contribution in [1.82, 2.24) is 4.90 Å². The van der Waals surface area contributed by atoms with Crippen LogP contribution in [0.3, 0.4) is 0 Å². The zero-order valence-electron chi connectivity index (χ0n) is 17.5. The fraction of sp³-hybridized carbons (Fsp3) is 0.458. The molecule has 2 aromatic rings. The largest absolute Gasteiger partial charge is 0.494 e. The Bertz CT molecular complexity index is 778. The molecule has 1 N–H and O–H groups in total. The number of halogens is 1. The normalized spacial score (nSPS) is 11.0. The molecule has 0 spiro atoms. The summed E-state index contributed by atoms with van der Waals surface area (Å²) in [6, 6.07) is 14.0. The molecule has 0 unspecified atom stereocenters. The summed E-state index contributed by atoms with van der Waals surface area (Å²) < 4.78 is 5.89. The number of rotatable bonds is 13. The van der Waals surface area contributed by atoms with Crippen molar-refractivity contribution in [2.75, 3.05) is 13.2 Å². The molecule has 2 rings (SSSR count). The number of aryl methyl sites for hydroxylation is 1. The molecule has 5 heteroatoms. The van der Waals surface area contributed by atoms with Crippen LogP contribution in [0.5, 0.6) is 5.75 Å². The number of carboxylic acids is 1. The second-order valence-electron chi connectivity index (χ2n) is 7.51. The fourth-order valence-corrected chi connectivity index (χ4v) is 3.42. The molecule has 0 aliphatic heterocycles. The van der Waals surface area contributed by atoms with Crippen molar-refractivity contribution in [3.63, 3.8) is 0 Å². The maximum absolute atomic E-state index is 11.1. The van der Waals surface area contributed by atoms with Crippen molar-refractivity contribution in [2.45, 2.75) is 59.0 Å². The predicted octanol–water partition coefficient (Wildman–Crippen LogP) is 6.08. The van der Waals surface area contributed by atoms with Crippen LogP contribution in [0.15, 0.2) is 42.5 Å². The van der Waals surface area contributed by atoms with Gasteiger partial charge in [0.15, 0.2) is 0 Å². The number of aliphatic carboxylic acids is 1. The van der Waals surface area contributed by atoms with Gasteiger partial charge in [-0.15, -0.1) is 0 Å². The monoisotopic (exact) mass is 417 g/mol. The van der Waals surface area contributed by atoms with Crippen LogP contribution in [0.25, 0.3) is 0 Å². The molecule has 0 atom stereocenters. The van der Waals surface area contributed by atoms with Gasteiger partial charge in [0.2, 0.25) is 0 Å². The molecule has 0 amide bonds. The number of ether oxygens (including phenoxy) is 1. The molecule has 0 heterocycles. The Labute approximate surface area is 179 Å². The highest BCUT2D eigenvalue weighted by atomic mass is 35.5. The summed E-state index contributed by atoms with van der Waals surface area (Å²) >= 11 is 6.36. The van der Waals surface area contributed by atoms with E-state index in [1.807, 2.05) is 37.3 Å². The van der Waals surface area contributed by atoms with Crippen LogP contribution in [0.1, 0.15) is 55.7 Å². The van der Waals surface area contributed by atoms with E-state index in [-0.39, 0.29) is 6.42 Å². The molecule has 0 fully saturated rings. The van der Waals surface area contributed by atoms with Crippen LogP contribution in [-0.2, 0) is 17.9 Å². The van der Waals surface area contributed by atoms with Crippen molar-refractivity contribution in [3.05, 3.63) is 64.2 Å². The van der Waals surface area contributed by atoms with Crippen LogP contribution in [0, 0.1) is 6.92 Å². The molecule has 2 aromatic carbocycles. The van der Waals surface area contributed by atoms with Crippen LogP contribution in [0.2, 0.25) is 5.02 Å². The highest BCUT2D eigenvalue weighted by molar-refractivity contribution is 6.31. The van der Waals surface area contributed by atoms with Gasteiger partial charge in [0.05, 0.1) is 13.0 Å². The number of benzene rings is 2. The average molecular weight is 418 g/mol. The summed E-state index contributed by atoms with van der Waals surface area (Å²) in [6.07, 6.45) is 4.80. The van der Waals surface area contributed by atoms with E-state index in [4.69, 9.17) is 21.4 Å². The van der Waals surface area contributed by atoms with Gasteiger partial charge in [0.1, 0.15) is 5.75 Å². The molecule has 0 aliphatic carbocycles. The minimum atomic E-state index is -0.797. The topological polar surface area (TPSA) is 49.8 Å². The molecule has 0 aliphatic rings. The molecule has 0 aromatic heterocycles. The van der Waals surface area contributed by atoms with Gasteiger partial charge in [-0.1, -0.05) is 67.6 Å². The molecule has 0 saturated heterocycles. The summed E-state index contributed by atoms with van der Waals surface area (Å²) in [6.45, 7) is 6.67. The third kappa shape index (κ3) is 8.88. The highest BCUT2D eigenvalue weighted by Crippen LogP contribution is 2.22. The van der Waals surface area contributed by atoms with E-state index in [0.717, 1.165) is 35.5 Å². The van der Waals surface area contributed by atoms with E-state index in [9.17, 15) is 4.79 Å². The third-order valence-corrected chi connectivity index (χ3v) is 5.18. The second kappa shape index (κ2) is 12.5. The lowest BCUT2D eigenvalue weighted by Crippen LogP contribution is -2.26. The predicted molar refractivity (Wildman–Crippen MR) is 119 cm³/mol. The Hall–Kier alpha value is -2.04. The van der Waals surface area contributed by atoms with Gasteiger partial charge in [-0.25, -0.2) is 0 Å². The number of carbonyl (C=O) groups is 1. The van der Waals surface area contributed by atoms with E-state index in [2.05, 4.69) is 24.0 Å². The van der Waals surface area contributed by atoms with Crippen LogP contribution in [0.4, 0.5) is 0 Å². The number of carboxylic acid groups (broad SMARTS) is 1. The van der Waals surface area contributed by atoms with Gasteiger partial charge < -0.3 is 9.84 Å². The van der Waals surface area contributed by atoms with Gasteiger partial charge in [-0.05, 0) is 42.7 Å². The van der Waals surface area contributed by atoms with Gasteiger partial charge in [0.25, 0.3) is 0 Å². The number of hydrogen-bond donors (Lipinski definition) is 1. The lowest BCUT2D eigenvalue weighted by Gasteiger charge is -2.23. The van der Waals surface area contributed by atoms with E-state index < -0.39 is 5.97 Å². The minimum absolute atomic E-state index is 0.0943. The Balaban J connectivity index is 2.03. The number of nitrogens with zero attached hydrogens (tertiary/aromatic N) is 1. The van der Waals surface area contributed by atoms with Gasteiger partial charge in [-0.3, -0.25) is 9.69 Å². The van der Waals surface area contributed by atoms with Gasteiger partial charge in [-0.2, -0.15) is 0 Å². The molecular weight excluding hydrogens is 386 g/mol. The molecule has 158 valence electrons. The second-order valence-corrected chi connectivity index (χ2v) is 7.91. The number of hydrogen-bond acceptors (Lipinski definition) is 3. The van der Waals surface area contributed by atoms with Gasteiger partial charge >= 0.3 is 5.97 Å². The highest BCUT2D eigenvalue weighted by Gasteiger charge is 2.12. The van der Waals surface area contributed by atoms with E-state index in [1.165, 1.54) is 19.3 Å². The van der Waals surface area contributed by atoms with Crippen LogP contribution < -0.4 is 4.74 Å². The third-order valence-electron chi connectivity index (χ3n) is 4.81. The molecule has 0 bridgehead atoms. The zero-order valence-corrected chi connectivity index (χ0v) is 18.3. The van der Waals surface area contributed by atoms with Gasteiger partial charge in [0, 0.05) is 24.7 Å². The Morgan fingerprint density at radius 2 is 1.93 bits per heavy atom.